The first-order chi connectivity index (χ1) is 9.54. The van der Waals surface area contributed by atoms with Gasteiger partial charge < -0.3 is 16.4 Å². The Morgan fingerprint density at radius 1 is 1.25 bits per heavy atom. The van der Waals surface area contributed by atoms with E-state index in [1.54, 1.807) is 18.3 Å². The van der Waals surface area contributed by atoms with E-state index in [0.29, 0.717) is 12.2 Å². The van der Waals surface area contributed by atoms with E-state index in [2.05, 4.69) is 47.5 Å². The third kappa shape index (κ3) is 4.21. The van der Waals surface area contributed by atoms with Gasteiger partial charge in [-0.1, -0.05) is 6.07 Å². The SMILES string of the molecule is NC(=O)Nc1cccc(NCc2ncc(Br)cc2Br)c1. The lowest BCUT2D eigenvalue weighted by atomic mass is 10.2. The Labute approximate surface area is 133 Å². The van der Waals surface area contributed by atoms with Crippen LogP contribution in [0, 0.1) is 0 Å². The molecule has 104 valence electrons. The molecule has 20 heavy (non-hydrogen) atoms. The molecule has 2 aromatic rings. The molecule has 1 heterocycles. The fourth-order valence-corrected chi connectivity index (χ4v) is 2.74. The summed E-state index contributed by atoms with van der Waals surface area (Å²) in [7, 11) is 0. The Bertz CT molecular complexity index is 634. The molecule has 0 spiro atoms. The molecule has 4 N–H and O–H groups in total. The highest BCUT2D eigenvalue weighted by atomic mass is 79.9. The summed E-state index contributed by atoms with van der Waals surface area (Å²) in [6.45, 7) is 0.563. The Morgan fingerprint density at radius 2 is 2.00 bits per heavy atom. The highest BCUT2D eigenvalue weighted by Crippen LogP contribution is 2.21. The third-order valence-electron chi connectivity index (χ3n) is 2.47. The van der Waals surface area contributed by atoms with Gasteiger partial charge in [0.05, 0.1) is 12.2 Å². The van der Waals surface area contributed by atoms with Crippen molar-refractivity contribution in [2.24, 2.45) is 5.73 Å². The van der Waals surface area contributed by atoms with Crippen LogP contribution in [0.15, 0.2) is 45.5 Å². The Balaban J connectivity index is 2.05. The molecule has 0 saturated carbocycles. The van der Waals surface area contributed by atoms with Gasteiger partial charge in [-0.25, -0.2) is 4.79 Å². The minimum Gasteiger partial charge on any atom is -0.379 e. The maximum atomic E-state index is 10.8. The number of nitrogens with one attached hydrogen (secondary N) is 2. The number of nitrogens with two attached hydrogens (primary N) is 1. The Hall–Kier alpha value is -1.60. The van der Waals surface area contributed by atoms with E-state index >= 15 is 0 Å². The zero-order valence-electron chi connectivity index (χ0n) is 10.4. The fourth-order valence-electron chi connectivity index (χ4n) is 1.61. The fraction of sp³-hybridized carbons (Fsp3) is 0.0769. The van der Waals surface area contributed by atoms with Crippen LogP contribution >= 0.6 is 31.9 Å². The summed E-state index contributed by atoms with van der Waals surface area (Å²) in [6, 6.07) is 8.66. The van der Waals surface area contributed by atoms with Crippen LogP contribution in [0.1, 0.15) is 5.69 Å². The van der Waals surface area contributed by atoms with E-state index < -0.39 is 6.03 Å². The monoisotopic (exact) mass is 398 g/mol. The number of hydrogen-bond acceptors (Lipinski definition) is 3. The molecule has 0 aliphatic rings. The van der Waals surface area contributed by atoms with Crippen molar-refractivity contribution in [1.82, 2.24) is 4.98 Å². The highest BCUT2D eigenvalue weighted by Gasteiger charge is 2.03. The number of carbonyl (C=O) groups is 1. The number of halogens is 2. The molecule has 0 aliphatic carbocycles. The predicted molar refractivity (Wildman–Crippen MR) is 86.6 cm³/mol. The number of rotatable bonds is 4. The van der Waals surface area contributed by atoms with Crippen molar-refractivity contribution in [2.45, 2.75) is 6.54 Å². The normalized spacial score (nSPS) is 10.1. The molecule has 0 radical (unpaired) electrons. The van der Waals surface area contributed by atoms with Crippen molar-refractivity contribution in [1.29, 1.82) is 0 Å². The van der Waals surface area contributed by atoms with E-state index in [0.717, 1.165) is 20.3 Å². The minimum atomic E-state index is -0.584. The maximum absolute atomic E-state index is 10.8. The van der Waals surface area contributed by atoms with Crippen LogP contribution in [0.4, 0.5) is 16.2 Å². The summed E-state index contributed by atoms with van der Waals surface area (Å²) in [5, 5.41) is 5.76. The van der Waals surface area contributed by atoms with Gasteiger partial charge in [0.1, 0.15) is 0 Å². The molecule has 1 aromatic heterocycles. The van der Waals surface area contributed by atoms with E-state index in [1.807, 2.05) is 18.2 Å². The van der Waals surface area contributed by atoms with Gasteiger partial charge in [0, 0.05) is 26.5 Å². The topological polar surface area (TPSA) is 80.0 Å². The second kappa shape index (κ2) is 6.71. The van der Waals surface area contributed by atoms with Crippen molar-refractivity contribution in [3.05, 3.63) is 51.2 Å². The summed E-state index contributed by atoms with van der Waals surface area (Å²) in [4.78, 5) is 15.1. The lowest BCUT2D eigenvalue weighted by molar-refractivity contribution is 0.259. The molecule has 0 atom stereocenters. The quantitative estimate of drug-likeness (QED) is 0.732. The van der Waals surface area contributed by atoms with Crippen molar-refractivity contribution in [3.8, 4) is 0 Å². The first-order valence-corrected chi connectivity index (χ1v) is 7.33. The molecule has 0 aliphatic heterocycles. The molecule has 0 saturated heterocycles. The summed E-state index contributed by atoms with van der Waals surface area (Å²) in [5.74, 6) is 0. The molecule has 0 unspecified atom stereocenters. The molecule has 1 aromatic carbocycles. The lowest BCUT2D eigenvalue weighted by Crippen LogP contribution is -2.19. The summed E-state index contributed by atoms with van der Waals surface area (Å²) < 4.78 is 1.84. The summed E-state index contributed by atoms with van der Waals surface area (Å²) in [5.41, 5.74) is 7.48. The van der Waals surface area contributed by atoms with Gasteiger partial charge in [-0.05, 0) is 56.1 Å². The van der Waals surface area contributed by atoms with Gasteiger partial charge in [-0.2, -0.15) is 0 Å². The smallest absolute Gasteiger partial charge is 0.316 e. The van der Waals surface area contributed by atoms with Gasteiger partial charge >= 0.3 is 6.03 Å². The number of aromatic nitrogens is 1. The van der Waals surface area contributed by atoms with Crippen molar-refractivity contribution in [3.63, 3.8) is 0 Å². The lowest BCUT2D eigenvalue weighted by Gasteiger charge is -2.09. The van der Waals surface area contributed by atoms with E-state index in [4.69, 9.17) is 5.73 Å². The van der Waals surface area contributed by atoms with Crippen LogP contribution in [-0.4, -0.2) is 11.0 Å². The number of pyridine rings is 1. The number of hydrogen-bond donors (Lipinski definition) is 3. The molecular formula is C13H12Br2N4O. The summed E-state index contributed by atoms with van der Waals surface area (Å²) >= 11 is 6.82. The van der Waals surface area contributed by atoms with Crippen molar-refractivity contribution < 1.29 is 4.79 Å². The number of primary amides is 1. The molecule has 2 amide bonds. The molecule has 2 rings (SSSR count). The van der Waals surface area contributed by atoms with E-state index in [-0.39, 0.29) is 0 Å². The number of anilines is 2. The van der Waals surface area contributed by atoms with Gasteiger partial charge in [-0.15, -0.1) is 0 Å². The van der Waals surface area contributed by atoms with Crippen molar-refractivity contribution in [2.75, 3.05) is 10.6 Å². The number of benzene rings is 1. The van der Waals surface area contributed by atoms with Gasteiger partial charge in [0.25, 0.3) is 0 Å². The summed E-state index contributed by atoms with van der Waals surface area (Å²) in [6.07, 6.45) is 1.74. The number of urea groups is 1. The van der Waals surface area contributed by atoms with Crippen LogP contribution in [0.25, 0.3) is 0 Å². The van der Waals surface area contributed by atoms with Crippen LogP contribution in [0.3, 0.4) is 0 Å². The molecule has 7 heteroatoms. The second-order valence-electron chi connectivity index (χ2n) is 4.01. The Morgan fingerprint density at radius 3 is 2.70 bits per heavy atom. The van der Waals surface area contributed by atoms with Crippen LogP contribution < -0.4 is 16.4 Å². The third-order valence-corrected chi connectivity index (χ3v) is 3.59. The van der Waals surface area contributed by atoms with E-state index in [1.165, 1.54) is 0 Å². The highest BCUT2D eigenvalue weighted by molar-refractivity contribution is 9.11. The zero-order valence-corrected chi connectivity index (χ0v) is 13.5. The molecular weight excluding hydrogens is 388 g/mol. The number of nitrogens with zero attached hydrogens (tertiary/aromatic N) is 1. The number of carbonyl (C=O) groups excluding carboxylic acids is 1. The zero-order chi connectivity index (χ0) is 14.5. The van der Waals surface area contributed by atoms with Crippen LogP contribution in [-0.2, 0) is 6.54 Å². The largest absolute Gasteiger partial charge is 0.379 e. The maximum Gasteiger partial charge on any atom is 0.316 e. The van der Waals surface area contributed by atoms with Gasteiger partial charge in [-0.3, -0.25) is 4.98 Å². The molecule has 5 nitrogen and oxygen atoms in total. The molecule has 0 bridgehead atoms. The van der Waals surface area contributed by atoms with E-state index in [9.17, 15) is 4.79 Å². The van der Waals surface area contributed by atoms with Gasteiger partial charge in [0.15, 0.2) is 0 Å². The Kier molecular flexibility index (Phi) is 4.97. The van der Waals surface area contributed by atoms with Crippen LogP contribution in [0.5, 0.6) is 0 Å². The predicted octanol–water partition coefficient (Wildman–Crippen LogP) is 3.71. The average Bonchev–Trinajstić information content (AvgIpc) is 2.37. The average molecular weight is 400 g/mol. The first-order valence-electron chi connectivity index (χ1n) is 5.75. The van der Waals surface area contributed by atoms with Crippen molar-refractivity contribution >= 4 is 49.3 Å². The molecule has 0 fully saturated rings. The second-order valence-corrected chi connectivity index (χ2v) is 5.78. The van der Waals surface area contributed by atoms with Crippen LogP contribution in [0.2, 0.25) is 0 Å². The standard InChI is InChI=1S/C13H12Br2N4O/c14-8-4-11(15)12(18-6-8)7-17-9-2-1-3-10(5-9)19-13(16)20/h1-6,17H,7H2,(H3,16,19,20). The minimum absolute atomic E-state index is 0.563. The van der Waals surface area contributed by atoms with Gasteiger partial charge in [0.2, 0.25) is 0 Å². The first kappa shape index (κ1) is 14.8. The number of amides is 2.